The third-order valence-electron chi connectivity index (χ3n) is 3.14. The minimum atomic E-state index is 0.758. The molecule has 0 radical (unpaired) electrons. The molecule has 0 amide bonds. The molecule has 106 valence electrons. The van der Waals surface area contributed by atoms with Crippen molar-refractivity contribution in [1.82, 2.24) is 5.32 Å². The van der Waals surface area contributed by atoms with Crippen molar-refractivity contribution in [3.8, 4) is 11.5 Å². The monoisotopic (exact) mass is 289 g/mol. The molecule has 0 bridgehead atoms. The Morgan fingerprint density at radius 2 is 1.90 bits per heavy atom. The van der Waals surface area contributed by atoms with E-state index in [1.54, 1.807) is 0 Å². The predicted octanol–water partition coefficient (Wildman–Crippen LogP) is 4.86. The molecular weight excluding hydrogens is 270 g/mol. The lowest BCUT2D eigenvalue weighted by molar-refractivity contribution is 0.472. The quantitative estimate of drug-likeness (QED) is 0.849. The van der Waals surface area contributed by atoms with E-state index >= 15 is 0 Å². The number of hydrogen-bond donors (Lipinski definition) is 1. The van der Waals surface area contributed by atoms with Gasteiger partial charge in [0.1, 0.15) is 11.5 Å². The second-order valence-electron chi connectivity index (χ2n) is 4.90. The summed E-state index contributed by atoms with van der Waals surface area (Å²) in [6, 6.07) is 12.0. The van der Waals surface area contributed by atoms with Crippen LogP contribution in [0.25, 0.3) is 0 Å². The summed E-state index contributed by atoms with van der Waals surface area (Å²) in [5, 5.41) is 4.10. The van der Waals surface area contributed by atoms with Crippen molar-refractivity contribution >= 4 is 11.6 Å². The van der Waals surface area contributed by atoms with Crippen LogP contribution in [0.2, 0.25) is 5.02 Å². The maximum absolute atomic E-state index is 6.04. The van der Waals surface area contributed by atoms with E-state index in [0.717, 1.165) is 35.2 Å². The number of halogens is 1. The molecule has 2 rings (SSSR count). The van der Waals surface area contributed by atoms with Gasteiger partial charge in [-0.15, -0.1) is 0 Å². The van der Waals surface area contributed by atoms with E-state index in [-0.39, 0.29) is 0 Å². The van der Waals surface area contributed by atoms with Crippen LogP contribution in [0.5, 0.6) is 11.5 Å². The lowest BCUT2D eigenvalue weighted by Gasteiger charge is -2.13. The Morgan fingerprint density at radius 3 is 2.60 bits per heavy atom. The Hall–Kier alpha value is -1.51. The summed E-state index contributed by atoms with van der Waals surface area (Å²) in [5.41, 5.74) is 3.42. The Kier molecular flexibility index (Phi) is 5.05. The molecule has 0 aromatic heterocycles. The number of benzene rings is 2. The first-order valence-corrected chi connectivity index (χ1v) is 7.22. The van der Waals surface area contributed by atoms with E-state index < -0.39 is 0 Å². The van der Waals surface area contributed by atoms with Gasteiger partial charge in [-0.3, -0.25) is 0 Å². The van der Waals surface area contributed by atoms with Crippen molar-refractivity contribution in [2.75, 3.05) is 6.54 Å². The van der Waals surface area contributed by atoms with Gasteiger partial charge in [0.05, 0.1) is 0 Å². The van der Waals surface area contributed by atoms with Gasteiger partial charge in [0, 0.05) is 17.1 Å². The minimum absolute atomic E-state index is 0.758. The van der Waals surface area contributed by atoms with Crippen LogP contribution in [0.1, 0.15) is 23.6 Å². The molecule has 0 heterocycles. The second kappa shape index (κ2) is 6.78. The number of aryl methyl sites for hydroxylation is 2. The van der Waals surface area contributed by atoms with Crippen molar-refractivity contribution in [2.45, 2.75) is 27.3 Å². The zero-order valence-electron chi connectivity index (χ0n) is 12.2. The lowest BCUT2D eigenvalue weighted by Crippen LogP contribution is -2.12. The molecule has 1 N–H and O–H groups in total. The van der Waals surface area contributed by atoms with Gasteiger partial charge < -0.3 is 10.1 Å². The first-order valence-electron chi connectivity index (χ1n) is 6.84. The summed E-state index contributed by atoms with van der Waals surface area (Å²) in [7, 11) is 0. The van der Waals surface area contributed by atoms with Crippen LogP contribution in [-0.4, -0.2) is 6.54 Å². The first kappa shape index (κ1) is 14.9. The van der Waals surface area contributed by atoms with Gasteiger partial charge >= 0.3 is 0 Å². The fraction of sp³-hybridized carbons (Fsp3) is 0.294. The molecule has 0 unspecified atom stereocenters. The molecule has 0 fully saturated rings. The molecule has 0 aliphatic rings. The smallest absolute Gasteiger partial charge is 0.131 e. The molecule has 0 saturated carbocycles. The van der Waals surface area contributed by atoms with Crippen molar-refractivity contribution in [3.63, 3.8) is 0 Å². The maximum Gasteiger partial charge on any atom is 0.131 e. The number of ether oxygens (including phenoxy) is 1. The van der Waals surface area contributed by atoms with Gasteiger partial charge in [0.15, 0.2) is 0 Å². The van der Waals surface area contributed by atoms with Crippen molar-refractivity contribution in [3.05, 3.63) is 58.1 Å². The average Bonchev–Trinajstić information content (AvgIpc) is 2.43. The minimum Gasteiger partial charge on any atom is -0.457 e. The predicted molar refractivity (Wildman–Crippen MR) is 84.8 cm³/mol. The molecular formula is C17H20ClNO. The number of nitrogens with one attached hydrogen (secondary N) is 1. The highest BCUT2D eigenvalue weighted by Gasteiger charge is 2.06. The van der Waals surface area contributed by atoms with E-state index in [9.17, 15) is 0 Å². The largest absolute Gasteiger partial charge is 0.457 e. The Morgan fingerprint density at radius 1 is 1.10 bits per heavy atom. The molecule has 2 aromatic carbocycles. The Bertz CT molecular complexity index is 596. The van der Waals surface area contributed by atoms with E-state index in [1.165, 1.54) is 11.1 Å². The summed E-state index contributed by atoms with van der Waals surface area (Å²) in [4.78, 5) is 0. The number of rotatable bonds is 5. The summed E-state index contributed by atoms with van der Waals surface area (Å²) in [6.07, 6.45) is 0. The van der Waals surface area contributed by atoms with Gasteiger partial charge in [0.25, 0.3) is 0 Å². The fourth-order valence-electron chi connectivity index (χ4n) is 2.01. The third-order valence-corrected chi connectivity index (χ3v) is 3.56. The average molecular weight is 290 g/mol. The Balaban J connectivity index is 2.25. The molecule has 0 aliphatic carbocycles. The SMILES string of the molecule is CCNCc1cc(C)ccc1Oc1ccc(Cl)c(C)c1. The Labute approximate surface area is 125 Å². The molecule has 2 aromatic rings. The molecule has 0 atom stereocenters. The van der Waals surface area contributed by atoms with E-state index in [0.29, 0.717) is 0 Å². The lowest BCUT2D eigenvalue weighted by atomic mass is 10.1. The highest BCUT2D eigenvalue weighted by Crippen LogP contribution is 2.29. The molecule has 0 aliphatic heterocycles. The molecule has 2 nitrogen and oxygen atoms in total. The van der Waals surface area contributed by atoms with E-state index in [2.05, 4.69) is 31.3 Å². The van der Waals surface area contributed by atoms with Gasteiger partial charge in [-0.25, -0.2) is 0 Å². The van der Waals surface area contributed by atoms with Crippen molar-refractivity contribution in [1.29, 1.82) is 0 Å². The first-order chi connectivity index (χ1) is 9.60. The van der Waals surface area contributed by atoms with Gasteiger partial charge in [-0.2, -0.15) is 0 Å². The second-order valence-corrected chi connectivity index (χ2v) is 5.31. The zero-order chi connectivity index (χ0) is 14.5. The van der Waals surface area contributed by atoms with Crippen LogP contribution in [-0.2, 0) is 6.54 Å². The molecule has 0 spiro atoms. The summed E-state index contributed by atoms with van der Waals surface area (Å²) >= 11 is 6.04. The number of hydrogen-bond acceptors (Lipinski definition) is 2. The van der Waals surface area contributed by atoms with Crippen molar-refractivity contribution in [2.24, 2.45) is 0 Å². The van der Waals surface area contributed by atoms with Crippen LogP contribution < -0.4 is 10.1 Å². The maximum atomic E-state index is 6.04. The standard InChI is InChI=1S/C17H20ClNO/c1-4-19-11-14-9-12(2)5-8-17(14)20-15-6-7-16(18)13(3)10-15/h5-10,19H,4,11H2,1-3H3. The van der Waals surface area contributed by atoms with E-state index in [1.807, 2.05) is 31.2 Å². The van der Waals surface area contributed by atoms with Gasteiger partial charge in [-0.1, -0.05) is 36.2 Å². The highest BCUT2D eigenvalue weighted by molar-refractivity contribution is 6.31. The van der Waals surface area contributed by atoms with Gasteiger partial charge in [0.2, 0.25) is 0 Å². The van der Waals surface area contributed by atoms with Crippen LogP contribution >= 0.6 is 11.6 Å². The molecule has 0 saturated heterocycles. The van der Waals surface area contributed by atoms with E-state index in [4.69, 9.17) is 16.3 Å². The van der Waals surface area contributed by atoms with Crippen LogP contribution in [0.15, 0.2) is 36.4 Å². The van der Waals surface area contributed by atoms with Crippen LogP contribution in [0.3, 0.4) is 0 Å². The fourth-order valence-corrected chi connectivity index (χ4v) is 2.13. The molecule has 20 heavy (non-hydrogen) atoms. The van der Waals surface area contributed by atoms with Crippen LogP contribution in [0, 0.1) is 13.8 Å². The van der Waals surface area contributed by atoms with Crippen LogP contribution in [0.4, 0.5) is 0 Å². The summed E-state index contributed by atoms with van der Waals surface area (Å²) < 4.78 is 6.00. The summed E-state index contributed by atoms with van der Waals surface area (Å²) in [6.45, 7) is 7.90. The van der Waals surface area contributed by atoms with Crippen molar-refractivity contribution < 1.29 is 4.74 Å². The topological polar surface area (TPSA) is 21.3 Å². The summed E-state index contributed by atoms with van der Waals surface area (Å²) in [5.74, 6) is 1.70. The van der Waals surface area contributed by atoms with Gasteiger partial charge in [-0.05, 0) is 50.2 Å². The zero-order valence-corrected chi connectivity index (χ0v) is 12.9. The third kappa shape index (κ3) is 3.75. The molecule has 3 heteroatoms. The normalized spacial score (nSPS) is 10.6. The highest BCUT2D eigenvalue weighted by atomic mass is 35.5.